The van der Waals surface area contributed by atoms with E-state index in [2.05, 4.69) is 0 Å². The molecule has 0 saturated carbocycles. The summed E-state index contributed by atoms with van der Waals surface area (Å²) in [4.78, 5) is 12.0. The molecule has 0 aliphatic rings. The van der Waals surface area contributed by atoms with Gasteiger partial charge in [0.2, 0.25) is 10.0 Å². The molecular formula is C25H28ClNO5S2. The number of carbonyl (C=O) groups is 1. The maximum absolute atomic E-state index is 13.5. The van der Waals surface area contributed by atoms with Crippen molar-refractivity contribution < 1.29 is 23.1 Å². The Morgan fingerprint density at radius 1 is 1.09 bits per heavy atom. The van der Waals surface area contributed by atoms with Gasteiger partial charge in [-0.25, -0.2) is 13.2 Å². The summed E-state index contributed by atoms with van der Waals surface area (Å²) in [6.45, 7) is 4.32. The lowest BCUT2D eigenvalue weighted by Crippen LogP contribution is -2.33. The topological polar surface area (TPSA) is 83.9 Å². The minimum absolute atomic E-state index is 0.279. The molecule has 0 bridgehead atoms. The fraction of sp³-hybridized carbons (Fsp3) is 0.320. The standard InChI is InChI=1S/C25H28ClNO5S2/c1-3-13-27(34(30,31)24-10-5-7-20-21(24)8-4-9-22(20)26)14-6-15-33-19-11-12-23(18(2)16-19)32-17-25(28)29/h4-5,7-12,16H,3,6,13-15,17H2,1-2H3,(H,28,29). The smallest absolute Gasteiger partial charge is 0.341 e. The Morgan fingerprint density at radius 2 is 1.82 bits per heavy atom. The number of thioether (sulfide) groups is 1. The van der Waals surface area contributed by atoms with E-state index >= 15 is 0 Å². The van der Waals surface area contributed by atoms with Crippen LogP contribution in [0.1, 0.15) is 25.3 Å². The maximum Gasteiger partial charge on any atom is 0.341 e. The lowest BCUT2D eigenvalue weighted by atomic mass is 10.1. The highest BCUT2D eigenvalue weighted by Crippen LogP contribution is 2.31. The first-order valence-electron chi connectivity index (χ1n) is 11.0. The summed E-state index contributed by atoms with van der Waals surface area (Å²) >= 11 is 7.92. The van der Waals surface area contributed by atoms with Crippen LogP contribution in [0.25, 0.3) is 10.8 Å². The van der Waals surface area contributed by atoms with Crippen LogP contribution in [-0.4, -0.2) is 49.2 Å². The van der Waals surface area contributed by atoms with Crippen molar-refractivity contribution in [2.45, 2.75) is 36.5 Å². The molecular weight excluding hydrogens is 494 g/mol. The first-order valence-corrected chi connectivity index (χ1v) is 13.8. The number of carboxylic acids is 1. The number of aliphatic carboxylic acids is 1. The summed E-state index contributed by atoms with van der Waals surface area (Å²) in [5.41, 5.74) is 0.857. The Labute approximate surface area is 209 Å². The van der Waals surface area contributed by atoms with Gasteiger partial charge in [-0.1, -0.05) is 42.8 Å². The predicted octanol–water partition coefficient (Wildman–Crippen LogP) is 5.85. The maximum atomic E-state index is 13.5. The fourth-order valence-electron chi connectivity index (χ4n) is 3.65. The third kappa shape index (κ3) is 6.44. The molecule has 1 N–H and O–H groups in total. The van der Waals surface area contributed by atoms with E-state index in [0.29, 0.717) is 35.7 Å². The van der Waals surface area contributed by atoms with Gasteiger partial charge in [-0.05, 0) is 61.4 Å². The van der Waals surface area contributed by atoms with E-state index < -0.39 is 16.0 Å². The van der Waals surface area contributed by atoms with Crippen LogP contribution in [0, 0.1) is 6.92 Å². The zero-order valence-corrected chi connectivity index (χ0v) is 21.5. The summed E-state index contributed by atoms with van der Waals surface area (Å²) in [6, 6.07) is 16.1. The largest absolute Gasteiger partial charge is 0.482 e. The van der Waals surface area contributed by atoms with Crippen molar-refractivity contribution in [1.82, 2.24) is 4.31 Å². The van der Waals surface area contributed by atoms with E-state index in [1.807, 2.05) is 32.0 Å². The zero-order chi connectivity index (χ0) is 24.7. The number of aryl methyl sites for hydroxylation is 1. The number of sulfonamides is 1. The number of benzene rings is 3. The number of hydrogen-bond donors (Lipinski definition) is 1. The van der Waals surface area contributed by atoms with Crippen LogP contribution in [0.4, 0.5) is 0 Å². The molecule has 34 heavy (non-hydrogen) atoms. The average Bonchev–Trinajstić information content (AvgIpc) is 2.80. The molecule has 3 aromatic rings. The summed E-state index contributed by atoms with van der Waals surface area (Å²) in [7, 11) is -3.68. The summed E-state index contributed by atoms with van der Waals surface area (Å²) in [6.07, 6.45) is 1.40. The van der Waals surface area contributed by atoms with Crippen molar-refractivity contribution in [3.63, 3.8) is 0 Å². The Balaban J connectivity index is 1.66. The minimum Gasteiger partial charge on any atom is -0.482 e. The van der Waals surface area contributed by atoms with Gasteiger partial charge >= 0.3 is 5.97 Å². The molecule has 0 aliphatic heterocycles. The first-order chi connectivity index (χ1) is 16.2. The number of carboxylic acid groups (broad SMARTS) is 1. The second kappa shape index (κ2) is 11.9. The minimum atomic E-state index is -3.68. The van der Waals surface area contributed by atoms with Gasteiger partial charge in [-0.3, -0.25) is 0 Å². The summed E-state index contributed by atoms with van der Waals surface area (Å²) < 4.78 is 33.9. The molecule has 0 unspecified atom stereocenters. The summed E-state index contributed by atoms with van der Waals surface area (Å²) in [5, 5.41) is 10.6. The van der Waals surface area contributed by atoms with Crippen LogP contribution in [0.5, 0.6) is 5.75 Å². The molecule has 3 rings (SSSR count). The molecule has 0 radical (unpaired) electrons. The van der Waals surface area contributed by atoms with Crippen LogP contribution >= 0.6 is 23.4 Å². The molecule has 0 spiro atoms. The number of halogens is 1. The van der Waals surface area contributed by atoms with Gasteiger partial charge in [-0.2, -0.15) is 4.31 Å². The van der Waals surface area contributed by atoms with Gasteiger partial charge in [0.25, 0.3) is 0 Å². The van der Waals surface area contributed by atoms with Crippen molar-refractivity contribution in [1.29, 1.82) is 0 Å². The van der Waals surface area contributed by atoms with Crippen molar-refractivity contribution in [3.05, 3.63) is 65.2 Å². The Kier molecular flexibility index (Phi) is 9.24. The number of nitrogens with zero attached hydrogens (tertiary/aromatic N) is 1. The average molecular weight is 522 g/mol. The van der Waals surface area contributed by atoms with E-state index in [9.17, 15) is 13.2 Å². The SMILES string of the molecule is CCCN(CCCSc1ccc(OCC(=O)O)c(C)c1)S(=O)(=O)c1cccc2c(Cl)cccc12. The van der Waals surface area contributed by atoms with Gasteiger partial charge in [0.1, 0.15) is 5.75 Å². The van der Waals surface area contributed by atoms with E-state index in [0.717, 1.165) is 28.0 Å². The molecule has 0 aliphatic carbocycles. The van der Waals surface area contributed by atoms with E-state index in [1.165, 1.54) is 0 Å². The predicted molar refractivity (Wildman–Crippen MR) is 138 cm³/mol. The lowest BCUT2D eigenvalue weighted by molar-refractivity contribution is -0.139. The van der Waals surface area contributed by atoms with Crippen LogP contribution < -0.4 is 4.74 Å². The molecule has 0 aromatic heterocycles. The molecule has 3 aromatic carbocycles. The highest BCUT2D eigenvalue weighted by Gasteiger charge is 2.25. The summed E-state index contributed by atoms with van der Waals surface area (Å²) in [5.74, 6) is 0.268. The molecule has 182 valence electrons. The number of hydrogen-bond acceptors (Lipinski definition) is 5. The van der Waals surface area contributed by atoms with E-state index in [-0.39, 0.29) is 11.5 Å². The van der Waals surface area contributed by atoms with E-state index in [4.69, 9.17) is 21.4 Å². The number of fused-ring (bicyclic) bond motifs is 1. The highest BCUT2D eigenvalue weighted by atomic mass is 35.5. The highest BCUT2D eigenvalue weighted by molar-refractivity contribution is 7.99. The molecule has 0 heterocycles. The third-order valence-electron chi connectivity index (χ3n) is 5.24. The second-order valence-corrected chi connectivity index (χ2v) is 11.3. The van der Waals surface area contributed by atoms with Crippen LogP contribution in [0.3, 0.4) is 0 Å². The van der Waals surface area contributed by atoms with E-state index in [1.54, 1.807) is 52.5 Å². The van der Waals surface area contributed by atoms with Crippen molar-refractivity contribution in [3.8, 4) is 5.75 Å². The Hall–Kier alpha value is -2.26. The monoisotopic (exact) mass is 521 g/mol. The molecule has 6 nitrogen and oxygen atoms in total. The fourth-order valence-corrected chi connectivity index (χ4v) is 6.60. The number of rotatable bonds is 12. The molecule has 0 amide bonds. The van der Waals surface area contributed by atoms with Gasteiger partial charge in [0, 0.05) is 33.8 Å². The number of ether oxygens (including phenoxy) is 1. The third-order valence-corrected chi connectivity index (χ3v) is 8.60. The molecule has 0 fully saturated rings. The Bertz CT molecular complexity index is 1260. The van der Waals surface area contributed by atoms with Gasteiger partial charge in [0.05, 0.1) is 4.90 Å². The van der Waals surface area contributed by atoms with Gasteiger partial charge in [0.15, 0.2) is 6.61 Å². The van der Waals surface area contributed by atoms with Crippen LogP contribution in [0.15, 0.2) is 64.4 Å². The van der Waals surface area contributed by atoms with Gasteiger partial charge in [-0.15, -0.1) is 11.8 Å². The quantitative estimate of drug-likeness (QED) is 0.238. The first kappa shape index (κ1) is 26.3. The normalized spacial score (nSPS) is 11.8. The van der Waals surface area contributed by atoms with Crippen molar-refractivity contribution in [2.75, 3.05) is 25.4 Å². The molecule has 9 heteroatoms. The van der Waals surface area contributed by atoms with Crippen LogP contribution in [0.2, 0.25) is 5.02 Å². The van der Waals surface area contributed by atoms with Crippen LogP contribution in [-0.2, 0) is 14.8 Å². The van der Waals surface area contributed by atoms with Crippen molar-refractivity contribution >= 4 is 50.1 Å². The zero-order valence-electron chi connectivity index (χ0n) is 19.2. The van der Waals surface area contributed by atoms with Gasteiger partial charge < -0.3 is 9.84 Å². The molecule has 0 saturated heterocycles. The molecule has 0 atom stereocenters. The lowest BCUT2D eigenvalue weighted by Gasteiger charge is -2.22. The van der Waals surface area contributed by atoms with Crippen molar-refractivity contribution in [2.24, 2.45) is 0 Å². The Morgan fingerprint density at radius 3 is 2.53 bits per heavy atom. The second-order valence-electron chi connectivity index (χ2n) is 7.81.